The second-order valence-corrected chi connectivity index (χ2v) is 4.34. The minimum Gasteiger partial charge on any atom is -0.351 e. The van der Waals surface area contributed by atoms with Gasteiger partial charge in [-0.25, -0.2) is 9.78 Å². The summed E-state index contributed by atoms with van der Waals surface area (Å²) < 4.78 is 1.32. The molecule has 99 valence electrons. The lowest BCUT2D eigenvalue weighted by Gasteiger charge is -2.16. The summed E-state index contributed by atoms with van der Waals surface area (Å²) in [5.41, 5.74) is 6.43. The lowest BCUT2D eigenvalue weighted by molar-refractivity contribution is 0.249. The highest BCUT2D eigenvalue weighted by Gasteiger charge is 2.08. The molecule has 0 bridgehead atoms. The quantitative estimate of drug-likeness (QED) is 0.855. The first kappa shape index (κ1) is 13.2. The van der Waals surface area contributed by atoms with Crippen LogP contribution >= 0.6 is 0 Å². The molecule has 0 aliphatic carbocycles. The van der Waals surface area contributed by atoms with Crippen molar-refractivity contribution in [2.75, 3.05) is 13.6 Å². The van der Waals surface area contributed by atoms with E-state index in [4.69, 9.17) is 5.73 Å². The third-order valence-corrected chi connectivity index (χ3v) is 2.81. The summed E-state index contributed by atoms with van der Waals surface area (Å²) >= 11 is 0. The fraction of sp³-hybridized carbons (Fsp3) is 0.308. The van der Waals surface area contributed by atoms with Gasteiger partial charge in [0.05, 0.1) is 0 Å². The summed E-state index contributed by atoms with van der Waals surface area (Å²) in [6.07, 6.45) is 8.30. The highest BCUT2D eigenvalue weighted by atomic mass is 16.2. The van der Waals surface area contributed by atoms with Crippen LogP contribution in [0, 0.1) is 6.20 Å². The minimum absolute atomic E-state index is 0.527. The van der Waals surface area contributed by atoms with E-state index < -0.39 is 6.03 Å². The van der Waals surface area contributed by atoms with Crippen molar-refractivity contribution < 1.29 is 4.79 Å². The first-order chi connectivity index (χ1) is 9.16. The molecule has 2 N–H and O–H groups in total. The minimum atomic E-state index is -0.527. The predicted octanol–water partition coefficient (Wildman–Crippen LogP) is 0.680. The Morgan fingerprint density at radius 3 is 2.89 bits per heavy atom. The first-order valence-corrected chi connectivity index (χ1v) is 5.98. The maximum atomic E-state index is 11.1. The molecule has 2 aromatic rings. The van der Waals surface area contributed by atoms with Crippen molar-refractivity contribution in [2.24, 2.45) is 5.73 Å². The zero-order chi connectivity index (χ0) is 13.7. The molecule has 19 heavy (non-hydrogen) atoms. The van der Waals surface area contributed by atoms with E-state index in [9.17, 15) is 4.79 Å². The maximum Gasteiger partial charge on any atom is 0.324 e. The van der Waals surface area contributed by atoms with Crippen LogP contribution in [0.4, 0.5) is 4.79 Å². The average molecular weight is 258 g/mol. The second kappa shape index (κ2) is 6.10. The van der Waals surface area contributed by atoms with Gasteiger partial charge >= 0.3 is 6.03 Å². The molecule has 6 nitrogen and oxygen atoms in total. The summed E-state index contributed by atoms with van der Waals surface area (Å²) in [5.74, 6) is 0.633. The summed E-state index contributed by atoms with van der Waals surface area (Å²) in [5, 5.41) is 0. The number of nitrogens with two attached hydrogens (primary N) is 1. The van der Waals surface area contributed by atoms with Crippen molar-refractivity contribution in [1.82, 2.24) is 19.4 Å². The van der Waals surface area contributed by atoms with Crippen LogP contribution in [0.5, 0.6) is 0 Å². The summed E-state index contributed by atoms with van der Waals surface area (Å²) in [6, 6.07) is 3.43. The van der Waals surface area contributed by atoms with Crippen LogP contribution in [-0.4, -0.2) is 39.1 Å². The van der Waals surface area contributed by atoms with Gasteiger partial charge in [0.15, 0.2) is 0 Å². The predicted molar refractivity (Wildman–Crippen MR) is 70.3 cm³/mol. The van der Waals surface area contributed by atoms with E-state index in [1.54, 1.807) is 12.4 Å². The van der Waals surface area contributed by atoms with Crippen molar-refractivity contribution in [3.8, 4) is 0 Å². The Morgan fingerprint density at radius 2 is 2.21 bits per heavy atom. The Bertz CT molecular complexity index is 537. The van der Waals surface area contributed by atoms with E-state index in [2.05, 4.69) is 21.1 Å². The van der Waals surface area contributed by atoms with E-state index >= 15 is 0 Å². The van der Waals surface area contributed by atoms with Gasteiger partial charge in [-0.15, -0.1) is 0 Å². The number of likely N-dealkylation sites (N-methyl/N-ethyl adjacent to an activating group) is 1. The highest BCUT2D eigenvalue weighted by molar-refractivity contribution is 5.75. The first-order valence-electron chi connectivity index (χ1n) is 5.98. The molecule has 0 spiro atoms. The van der Waals surface area contributed by atoms with Crippen LogP contribution in [0.15, 0.2) is 30.7 Å². The van der Waals surface area contributed by atoms with Crippen molar-refractivity contribution in [2.45, 2.75) is 13.0 Å². The van der Waals surface area contributed by atoms with Gasteiger partial charge < -0.3 is 10.6 Å². The standard InChI is InChI=1S/C13H16N5O/c1-17(10-11-2-5-15-6-3-11)8-4-12-16-7-9-18(12)13(14)19/h2-3,5-6,9H,4,8,10H2,1H3,(H2,14,19). The zero-order valence-electron chi connectivity index (χ0n) is 10.8. The molecule has 2 aromatic heterocycles. The molecular weight excluding hydrogens is 242 g/mol. The van der Waals surface area contributed by atoms with Gasteiger partial charge in [-0.2, -0.15) is 0 Å². The Kier molecular flexibility index (Phi) is 4.25. The zero-order valence-corrected chi connectivity index (χ0v) is 10.8. The summed E-state index contributed by atoms with van der Waals surface area (Å²) in [7, 11) is 2.02. The number of carbonyl (C=O) groups excluding carboxylic acids is 1. The fourth-order valence-electron chi connectivity index (χ4n) is 1.83. The van der Waals surface area contributed by atoms with E-state index in [1.165, 1.54) is 16.3 Å². The van der Waals surface area contributed by atoms with Gasteiger partial charge in [-0.3, -0.25) is 9.55 Å². The molecule has 0 aliphatic heterocycles. The fourth-order valence-corrected chi connectivity index (χ4v) is 1.83. The normalized spacial score (nSPS) is 10.8. The number of carbonyl (C=O) groups is 1. The smallest absolute Gasteiger partial charge is 0.324 e. The second-order valence-electron chi connectivity index (χ2n) is 4.34. The number of aromatic nitrogens is 3. The van der Waals surface area contributed by atoms with Gasteiger partial charge in [0.1, 0.15) is 12.0 Å². The number of hydrogen-bond acceptors (Lipinski definition) is 4. The molecule has 1 amide bonds. The number of pyridine rings is 1. The monoisotopic (exact) mass is 258 g/mol. The van der Waals surface area contributed by atoms with Crippen LogP contribution < -0.4 is 5.73 Å². The molecule has 0 aliphatic rings. The molecule has 0 unspecified atom stereocenters. The molecule has 0 atom stereocenters. The van der Waals surface area contributed by atoms with E-state index in [1.807, 2.05) is 19.2 Å². The van der Waals surface area contributed by atoms with Crippen LogP contribution in [0.2, 0.25) is 0 Å². The van der Waals surface area contributed by atoms with Crippen molar-refractivity contribution in [1.29, 1.82) is 0 Å². The molecule has 0 aromatic carbocycles. The molecule has 0 fully saturated rings. The van der Waals surface area contributed by atoms with Crippen molar-refractivity contribution in [3.05, 3.63) is 48.3 Å². The number of rotatable bonds is 5. The Labute approximate surface area is 111 Å². The van der Waals surface area contributed by atoms with Crippen LogP contribution in [-0.2, 0) is 13.0 Å². The molecule has 6 heteroatoms. The Morgan fingerprint density at radius 1 is 1.47 bits per heavy atom. The lowest BCUT2D eigenvalue weighted by Crippen LogP contribution is -2.25. The van der Waals surface area contributed by atoms with Gasteiger partial charge in [-0.05, 0) is 24.7 Å². The van der Waals surface area contributed by atoms with Gasteiger partial charge in [0, 0.05) is 38.1 Å². The largest absolute Gasteiger partial charge is 0.351 e. The van der Waals surface area contributed by atoms with E-state index in [-0.39, 0.29) is 0 Å². The SMILES string of the molecule is CN(CCc1n[c]cn1C(N)=O)Cc1ccncc1. The molecule has 0 saturated heterocycles. The lowest BCUT2D eigenvalue weighted by atomic mass is 10.2. The van der Waals surface area contributed by atoms with Crippen LogP contribution in [0.25, 0.3) is 0 Å². The van der Waals surface area contributed by atoms with E-state index in [0.29, 0.717) is 12.2 Å². The molecular formula is C13H16N5O. The molecule has 0 saturated carbocycles. The Balaban J connectivity index is 1.88. The highest BCUT2D eigenvalue weighted by Crippen LogP contribution is 2.03. The summed E-state index contributed by atoms with van der Waals surface area (Å²) in [6.45, 7) is 1.60. The number of imidazole rings is 1. The Hall–Kier alpha value is -2.21. The number of amides is 1. The van der Waals surface area contributed by atoms with Crippen LogP contribution in [0.3, 0.4) is 0 Å². The third-order valence-electron chi connectivity index (χ3n) is 2.81. The van der Waals surface area contributed by atoms with Gasteiger partial charge in [0.2, 0.25) is 0 Å². The molecule has 2 rings (SSSR count). The third kappa shape index (κ3) is 3.62. The number of primary amides is 1. The van der Waals surface area contributed by atoms with Crippen molar-refractivity contribution >= 4 is 6.03 Å². The average Bonchev–Trinajstić information content (AvgIpc) is 2.86. The maximum absolute atomic E-state index is 11.1. The number of nitrogens with zero attached hydrogens (tertiary/aromatic N) is 4. The summed E-state index contributed by atoms with van der Waals surface area (Å²) in [4.78, 5) is 21.3. The molecule has 1 radical (unpaired) electrons. The number of hydrogen-bond donors (Lipinski definition) is 1. The van der Waals surface area contributed by atoms with Crippen LogP contribution in [0.1, 0.15) is 11.4 Å². The van der Waals surface area contributed by atoms with Crippen molar-refractivity contribution in [3.63, 3.8) is 0 Å². The van der Waals surface area contributed by atoms with E-state index in [0.717, 1.165) is 13.1 Å². The molecule has 2 heterocycles. The van der Waals surface area contributed by atoms with Gasteiger partial charge in [0.25, 0.3) is 0 Å². The van der Waals surface area contributed by atoms with Gasteiger partial charge in [-0.1, -0.05) is 0 Å². The topological polar surface area (TPSA) is 77.0 Å².